The van der Waals surface area contributed by atoms with Gasteiger partial charge in [-0.25, -0.2) is 0 Å². The highest BCUT2D eigenvalue weighted by atomic mass is 16.5. The summed E-state index contributed by atoms with van der Waals surface area (Å²) in [6, 6.07) is 0. The van der Waals surface area contributed by atoms with E-state index in [1.54, 1.807) is 6.26 Å². The van der Waals surface area contributed by atoms with Crippen molar-refractivity contribution in [2.24, 2.45) is 0 Å². The van der Waals surface area contributed by atoms with Crippen molar-refractivity contribution in [1.82, 2.24) is 5.16 Å². The third kappa shape index (κ3) is 2.08. The molecule has 1 aromatic rings. The van der Waals surface area contributed by atoms with E-state index in [4.69, 9.17) is 9.63 Å². The molecule has 0 amide bonds. The molecule has 0 aliphatic rings. The maximum absolute atomic E-state index is 10.2. The molecule has 1 heterocycles. The van der Waals surface area contributed by atoms with E-state index in [0.29, 0.717) is 6.42 Å². The Hall–Kier alpha value is -1.32. The first-order valence-electron chi connectivity index (χ1n) is 3.88. The summed E-state index contributed by atoms with van der Waals surface area (Å²) in [7, 11) is 0. The van der Waals surface area contributed by atoms with Crippen LogP contribution in [0.4, 0.5) is 0 Å². The smallest absolute Gasteiger partial charge is 0.303 e. The Kier molecular flexibility index (Phi) is 2.85. The summed E-state index contributed by atoms with van der Waals surface area (Å²) in [4.78, 5) is 10.2. The van der Waals surface area contributed by atoms with Gasteiger partial charge in [-0.1, -0.05) is 12.1 Å². The minimum Gasteiger partial charge on any atom is -0.481 e. The van der Waals surface area contributed by atoms with Crippen LogP contribution in [-0.4, -0.2) is 16.2 Å². The summed E-state index contributed by atoms with van der Waals surface area (Å²) in [5.74, 6) is -0.806. The maximum atomic E-state index is 10.2. The Morgan fingerprint density at radius 3 is 3.08 bits per heavy atom. The van der Waals surface area contributed by atoms with Crippen LogP contribution >= 0.6 is 0 Å². The first kappa shape index (κ1) is 8.77. The number of rotatable bonds is 4. The molecule has 1 N–H and O–H groups in total. The predicted molar refractivity (Wildman–Crippen MR) is 41.8 cm³/mol. The number of hydrogen-bond acceptors (Lipinski definition) is 3. The largest absolute Gasteiger partial charge is 0.481 e. The number of nitrogens with zero attached hydrogens (tertiary/aromatic N) is 1. The topological polar surface area (TPSA) is 63.3 Å². The molecule has 12 heavy (non-hydrogen) atoms. The van der Waals surface area contributed by atoms with E-state index in [1.807, 2.05) is 6.92 Å². The van der Waals surface area contributed by atoms with Crippen molar-refractivity contribution in [1.29, 1.82) is 0 Å². The van der Waals surface area contributed by atoms with E-state index >= 15 is 0 Å². The van der Waals surface area contributed by atoms with Crippen LogP contribution in [0.3, 0.4) is 0 Å². The second-order valence-corrected chi connectivity index (χ2v) is 2.53. The average molecular weight is 169 g/mol. The summed E-state index contributed by atoms with van der Waals surface area (Å²) in [5, 5.41) is 12.1. The van der Waals surface area contributed by atoms with Crippen LogP contribution in [0.5, 0.6) is 0 Å². The van der Waals surface area contributed by atoms with Crippen LogP contribution in [0.2, 0.25) is 0 Å². The molecule has 0 fully saturated rings. The minimum atomic E-state index is -0.806. The highest BCUT2D eigenvalue weighted by molar-refractivity contribution is 5.67. The van der Waals surface area contributed by atoms with Crippen LogP contribution < -0.4 is 0 Å². The molecule has 0 radical (unpaired) electrons. The van der Waals surface area contributed by atoms with E-state index in [2.05, 4.69) is 5.16 Å². The van der Waals surface area contributed by atoms with Gasteiger partial charge in [0.2, 0.25) is 0 Å². The Labute approximate surface area is 70.2 Å². The summed E-state index contributed by atoms with van der Waals surface area (Å²) in [5.41, 5.74) is 1.76. The fourth-order valence-electron chi connectivity index (χ4n) is 0.999. The molecule has 0 saturated heterocycles. The van der Waals surface area contributed by atoms with E-state index in [-0.39, 0.29) is 6.42 Å². The van der Waals surface area contributed by atoms with E-state index in [0.717, 1.165) is 17.7 Å². The second-order valence-electron chi connectivity index (χ2n) is 2.53. The van der Waals surface area contributed by atoms with Crippen molar-refractivity contribution in [2.45, 2.75) is 26.2 Å². The van der Waals surface area contributed by atoms with Gasteiger partial charge in [0.1, 0.15) is 6.26 Å². The lowest BCUT2D eigenvalue weighted by Gasteiger charge is -1.93. The Morgan fingerprint density at radius 2 is 2.50 bits per heavy atom. The van der Waals surface area contributed by atoms with E-state index < -0.39 is 5.97 Å². The maximum Gasteiger partial charge on any atom is 0.303 e. The molecular formula is C8H11NO3. The number of carboxylic acid groups (broad SMARTS) is 1. The van der Waals surface area contributed by atoms with Gasteiger partial charge in [0.25, 0.3) is 0 Å². The molecule has 0 bridgehead atoms. The fraction of sp³-hybridized carbons (Fsp3) is 0.500. The standard InChI is InChI=1S/C8H11NO3/c1-2-6-5-12-9-7(6)3-4-8(10)11/h5H,2-4H2,1H3,(H,10,11). The lowest BCUT2D eigenvalue weighted by atomic mass is 10.1. The van der Waals surface area contributed by atoms with Crippen LogP contribution in [-0.2, 0) is 17.6 Å². The Morgan fingerprint density at radius 1 is 1.75 bits per heavy atom. The van der Waals surface area contributed by atoms with Gasteiger partial charge in [0.05, 0.1) is 12.1 Å². The molecule has 0 unspecified atom stereocenters. The molecule has 0 aliphatic heterocycles. The summed E-state index contributed by atoms with van der Waals surface area (Å²) < 4.78 is 4.73. The predicted octanol–water partition coefficient (Wildman–Crippen LogP) is 1.25. The summed E-state index contributed by atoms with van der Waals surface area (Å²) >= 11 is 0. The number of aliphatic carboxylic acids is 1. The van der Waals surface area contributed by atoms with Crippen molar-refractivity contribution in [3.8, 4) is 0 Å². The van der Waals surface area contributed by atoms with Gasteiger partial charge in [-0.3, -0.25) is 4.79 Å². The van der Waals surface area contributed by atoms with Gasteiger partial charge >= 0.3 is 5.97 Å². The molecule has 1 aromatic heterocycles. The highest BCUT2D eigenvalue weighted by Crippen LogP contribution is 2.09. The van der Waals surface area contributed by atoms with E-state index in [1.165, 1.54) is 0 Å². The third-order valence-corrected chi connectivity index (χ3v) is 1.69. The third-order valence-electron chi connectivity index (χ3n) is 1.69. The normalized spacial score (nSPS) is 10.1. The van der Waals surface area contributed by atoms with Crippen molar-refractivity contribution >= 4 is 5.97 Å². The van der Waals surface area contributed by atoms with Crippen molar-refractivity contribution in [2.75, 3.05) is 0 Å². The molecule has 0 atom stereocenters. The Bertz CT molecular complexity index is 267. The number of hydrogen-bond donors (Lipinski definition) is 1. The van der Waals surface area contributed by atoms with Gasteiger partial charge in [-0.05, 0) is 6.42 Å². The van der Waals surface area contributed by atoms with Crippen molar-refractivity contribution in [3.63, 3.8) is 0 Å². The molecule has 0 spiro atoms. The fourth-order valence-corrected chi connectivity index (χ4v) is 0.999. The molecule has 4 nitrogen and oxygen atoms in total. The number of aromatic nitrogens is 1. The van der Waals surface area contributed by atoms with Crippen LogP contribution in [0.25, 0.3) is 0 Å². The quantitative estimate of drug-likeness (QED) is 0.736. The van der Waals surface area contributed by atoms with Crippen LogP contribution in [0.1, 0.15) is 24.6 Å². The molecule has 1 rings (SSSR count). The SMILES string of the molecule is CCc1conc1CCC(=O)O. The molecule has 0 aliphatic carbocycles. The van der Waals surface area contributed by atoms with Gasteiger partial charge in [-0.2, -0.15) is 0 Å². The van der Waals surface area contributed by atoms with Crippen molar-refractivity contribution in [3.05, 3.63) is 17.5 Å². The minimum absolute atomic E-state index is 0.111. The highest BCUT2D eigenvalue weighted by Gasteiger charge is 2.07. The van der Waals surface area contributed by atoms with Gasteiger partial charge in [0.15, 0.2) is 0 Å². The van der Waals surface area contributed by atoms with Gasteiger partial charge in [-0.15, -0.1) is 0 Å². The average Bonchev–Trinajstić information content (AvgIpc) is 2.47. The lowest BCUT2D eigenvalue weighted by molar-refractivity contribution is -0.136. The van der Waals surface area contributed by atoms with Gasteiger partial charge < -0.3 is 9.63 Å². The first-order valence-corrected chi connectivity index (χ1v) is 3.88. The van der Waals surface area contributed by atoms with Crippen LogP contribution in [0, 0.1) is 0 Å². The first-order chi connectivity index (χ1) is 5.74. The van der Waals surface area contributed by atoms with Crippen molar-refractivity contribution < 1.29 is 14.4 Å². The lowest BCUT2D eigenvalue weighted by Crippen LogP contribution is -1.99. The zero-order valence-corrected chi connectivity index (χ0v) is 6.91. The number of carboxylic acids is 1. The zero-order chi connectivity index (χ0) is 8.97. The number of carbonyl (C=O) groups is 1. The summed E-state index contributed by atoms with van der Waals surface area (Å²) in [6.45, 7) is 1.98. The molecule has 4 heteroatoms. The Balaban J connectivity index is 2.56. The molecule has 0 aromatic carbocycles. The molecular weight excluding hydrogens is 158 g/mol. The number of aryl methyl sites for hydroxylation is 2. The zero-order valence-electron chi connectivity index (χ0n) is 6.91. The monoisotopic (exact) mass is 169 g/mol. The molecule has 0 saturated carbocycles. The van der Waals surface area contributed by atoms with Gasteiger partial charge in [0, 0.05) is 12.0 Å². The van der Waals surface area contributed by atoms with E-state index in [9.17, 15) is 4.79 Å². The second kappa shape index (κ2) is 3.90. The summed E-state index contributed by atoms with van der Waals surface area (Å²) in [6.07, 6.45) is 2.96. The molecule has 66 valence electrons. The van der Waals surface area contributed by atoms with Crippen LogP contribution in [0.15, 0.2) is 10.8 Å².